The van der Waals surface area contributed by atoms with E-state index in [9.17, 15) is 18.0 Å². The number of hydrogen-bond donors (Lipinski definition) is 2. The fourth-order valence-corrected chi connectivity index (χ4v) is 4.83. The first-order valence-corrected chi connectivity index (χ1v) is 11.0. The topological polar surface area (TPSA) is 95.6 Å². The zero-order valence-electron chi connectivity index (χ0n) is 16.1. The van der Waals surface area contributed by atoms with Crippen LogP contribution in [0.15, 0.2) is 65.6 Å². The van der Waals surface area contributed by atoms with Crippen molar-refractivity contribution in [2.75, 3.05) is 19.6 Å². The van der Waals surface area contributed by atoms with Crippen LogP contribution in [0.3, 0.4) is 0 Å². The molecule has 0 bridgehead atoms. The Labute approximate surface area is 171 Å². The molecule has 2 N–H and O–H groups in total. The largest absolute Gasteiger partial charge is 0.350 e. The molecule has 1 fully saturated rings. The highest BCUT2D eigenvalue weighted by Crippen LogP contribution is 2.23. The second kappa shape index (κ2) is 9.67. The van der Waals surface area contributed by atoms with Crippen molar-refractivity contribution in [1.29, 1.82) is 0 Å². The zero-order valence-corrected chi connectivity index (χ0v) is 16.9. The molecule has 2 amide bonds. The summed E-state index contributed by atoms with van der Waals surface area (Å²) in [6, 6.07) is 17.7. The van der Waals surface area contributed by atoms with Gasteiger partial charge in [-0.25, -0.2) is 8.42 Å². The van der Waals surface area contributed by atoms with Crippen LogP contribution in [0.5, 0.6) is 0 Å². The SMILES string of the molecule is O=C(CNC(=O)[C@@H]1CCCN(S(=O)(=O)c2ccccc2)C1)NCc1ccccc1. The van der Waals surface area contributed by atoms with Gasteiger partial charge in [0, 0.05) is 19.6 Å². The van der Waals surface area contributed by atoms with Crippen molar-refractivity contribution in [3.05, 3.63) is 66.2 Å². The molecule has 29 heavy (non-hydrogen) atoms. The van der Waals surface area contributed by atoms with Crippen molar-refractivity contribution >= 4 is 21.8 Å². The molecule has 0 unspecified atom stereocenters. The van der Waals surface area contributed by atoms with Gasteiger partial charge in [-0.2, -0.15) is 4.31 Å². The van der Waals surface area contributed by atoms with Crippen LogP contribution in [0.4, 0.5) is 0 Å². The summed E-state index contributed by atoms with van der Waals surface area (Å²) >= 11 is 0. The molecular formula is C21H25N3O4S. The van der Waals surface area contributed by atoms with Crippen LogP contribution in [0, 0.1) is 5.92 Å². The lowest BCUT2D eigenvalue weighted by Crippen LogP contribution is -2.47. The number of hydrogen-bond acceptors (Lipinski definition) is 4. The predicted octanol–water partition coefficient (Wildman–Crippen LogP) is 1.52. The average molecular weight is 416 g/mol. The summed E-state index contributed by atoms with van der Waals surface area (Å²) in [6.07, 6.45) is 1.20. The van der Waals surface area contributed by atoms with E-state index in [1.165, 1.54) is 4.31 Å². The summed E-state index contributed by atoms with van der Waals surface area (Å²) in [5, 5.41) is 5.38. The maximum absolute atomic E-state index is 12.8. The molecule has 1 saturated heterocycles. The lowest BCUT2D eigenvalue weighted by Gasteiger charge is -2.31. The molecule has 1 heterocycles. The second-order valence-corrected chi connectivity index (χ2v) is 8.93. The summed E-state index contributed by atoms with van der Waals surface area (Å²) < 4.78 is 26.9. The number of nitrogens with zero attached hydrogens (tertiary/aromatic N) is 1. The van der Waals surface area contributed by atoms with Gasteiger partial charge >= 0.3 is 0 Å². The van der Waals surface area contributed by atoms with Crippen molar-refractivity contribution in [2.24, 2.45) is 5.92 Å². The third-order valence-electron chi connectivity index (χ3n) is 4.89. The summed E-state index contributed by atoms with van der Waals surface area (Å²) in [5.41, 5.74) is 0.973. The molecule has 0 radical (unpaired) electrons. The Morgan fingerprint density at radius 2 is 1.62 bits per heavy atom. The molecule has 7 nitrogen and oxygen atoms in total. The average Bonchev–Trinajstić information content (AvgIpc) is 2.77. The molecule has 2 aromatic carbocycles. The van der Waals surface area contributed by atoms with E-state index in [0.717, 1.165) is 5.56 Å². The van der Waals surface area contributed by atoms with Crippen LogP contribution < -0.4 is 10.6 Å². The van der Waals surface area contributed by atoms with Crippen molar-refractivity contribution in [1.82, 2.24) is 14.9 Å². The quantitative estimate of drug-likeness (QED) is 0.717. The van der Waals surface area contributed by atoms with Crippen LogP contribution in [0.2, 0.25) is 0 Å². The van der Waals surface area contributed by atoms with Crippen molar-refractivity contribution in [2.45, 2.75) is 24.3 Å². The molecule has 0 aliphatic carbocycles. The lowest BCUT2D eigenvalue weighted by molar-refractivity contribution is -0.129. The van der Waals surface area contributed by atoms with Crippen LogP contribution in [-0.2, 0) is 26.2 Å². The Morgan fingerprint density at radius 3 is 2.31 bits per heavy atom. The number of amides is 2. The predicted molar refractivity (Wildman–Crippen MR) is 109 cm³/mol. The van der Waals surface area contributed by atoms with E-state index >= 15 is 0 Å². The smallest absolute Gasteiger partial charge is 0.243 e. The van der Waals surface area contributed by atoms with Gasteiger partial charge in [-0.3, -0.25) is 9.59 Å². The van der Waals surface area contributed by atoms with E-state index in [1.807, 2.05) is 30.3 Å². The molecule has 3 rings (SSSR count). The number of carbonyl (C=O) groups excluding carboxylic acids is 2. The first-order valence-electron chi connectivity index (χ1n) is 9.60. The summed E-state index contributed by atoms with van der Waals surface area (Å²) in [6.45, 7) is 0.767. The Kier molecular flexibility index (Phi) is 7.00. The van der Waals surface area contributed by atoms with E-state index in [1.54, 1.807) is 30.3 Å². The molecule has 0 aromatic heterocycles. The second-order valence-electron chi connectivity index (χ2n) is 7.00. The van der Waals surface area contributed by atoms with Gasteiger partial charge in [0.2, 0.25) is 21.8 Å². The summed E-state index contributed by atoms with van der Waals surface area (Å²) in [5.74, 6) is -1.05. The standard InChI is InChI=1S/C21H25N3O4S/c25-20(22-14-17-8-3-1-4-9-17)15-23-21(26)18-10-7-13-24(16-18)29(27,28)19-11-5-2-6-12-19/h1-6,8-9,11-12,18H,7,10,13-16H2,(H,22,25)(H,23,26)/t18-/m1/s1. The number of nitrogens with one attached hydrogen (secondary N) is 2. The maximum Gasteiger partial charge on any atom is 0.243 e. The van der Waals surface area contributed by atoms with E-state index in [2.05, 4.69) is 10.6 Å². The Hall–Kier alpha value is -2.71. The molecule has 2 aromatic rings. The highest BCUT2D eigenvalue weighted by molar-refractivity contribution is 7.89. The van der Waals surface area contributed by atoms with Crippen LogP contribution in [-0.4, -0.2) is 44.2 Å². The number of carbonyl (C=O) groups is 2. The minimum Gasteiger partial charge on any atom is -0.350 e. The van der Waals surface area contributed by atoms with E-state index < -0.39 is 15.9 Å². The lowest BCUT2D eigenvalue weighted by atomic mass is 9.99. The fourth-order valence-electron chi connectivity index (χ4n) is 3.29. The maximum atomic E-state index is 12.8. The molecule has 1 aliphatic heterocycles. The molecule has 154 valence electrons. The Balaban J connectivity index is 1.50. The number of sulfonamides is 1. The van der Waals surface area contributed by atoms with Gasteiger partial charge < -0.3 is 10.6 Å². The van der Waals surface area contributed by atoms with Crippen molar-refractivity contribution in [3.63, 3.8) is 0 Å². The molecule has 8 heteroatoms. The summed E-state index contributed by atoms with van der Waals surface area (Å²) in [4.78, 5) is 24.7. The Bertz CT molecular complexity index is 933. The first-order chi connectivity index (χ1) is 14.0. The van der Waals surface area contributed by atoms with Gasteiger partial charge in [-0.1, -0.05) is 48.5 Å². The Morgan fingerprint density at radius 1 is 0.966 bits per heavy atom. The van der Waals surface area contributed by atoms with Gasteiger partial charge in [0.25, 0.3) is 0 Å². The fraction of sp³-hybridized carbons (Fsp3) is 0.333. The minimum atomic E-state index is -3.62. The first kappa shape index (κ1) is 21.0. The number of piperidine rings is 1. The molecule has 0 spiro atoms. The zero-order chi connectivity index (χ0) is 20.7. The van der Waals surface area contributed by atoms with Crippen LogP contribution in [0.1, 0.15) is 18.4 Å². The van der Waals surface area contributed by atoms with Gasteiger partial charge in [0.15, 0.2) is 0 Å². The summed E-state index contributed by atoms with van der Waals surface area (Å²) in [7, 11) is -3.62. The highest BCUT2D eigenvalue weighted by Gasteiger charge is 2.33. The normalized spacial score (nSPS) is 17.4. The third-order valence-corrected chi connectivity index (χ3v) is 6.77. The third kappa shape index (κ3) is 5.65. The number of rotatable bonds is 7. The van der Waals surface area contributed by atoms with E-state index in [-0.39, 0.29) is 29.8 Å². The van der Waals surface area contributed by atoms with Crippen molar-refractivity contribution in [3.8, 4) is 0 Å². The molecule has 1 aliphatic rings. The van der Waals surface area contributed by atoms with Gasteiger partial charge in [0.05, 0.1) is 17.4 Å². The minimum absolute atomic E-state index is 0.120. The van der Waals surface area contributed by atoms with Gasteiger partial charge in [-0.15, -0.1) is 0 Å². The highest BCUT2D eigenvalue weighted by atomic mass is 32.2. The van der Waals surface area contributed by atoms with E-state index in [0.29, 0.717) is 25.9 Å². The van der Waals surface area contributed by atoms with E-state index in [4.69, 9.17) is 0 Å². The monoisotopic (exact) mass is 415 g/mol. The van der Waals surface area contributed by atoms with Crippen molar-refractivity contribution < 1.29 is 18.0 Å². The van der Waals surface area contributed by atoms with Crippen LogP contribution >= 0.6 is 0 Å². The van der Waals surface area contributed by atoms with Crippen LogP contribution in [0.25, 0.3) is 0 Å². The number of benzene rings is 2. The van der Waals surface area contributed by atoms with Gasteiger partial charge in [-0.05, 0) is 30.5 Å². The van der Waals surface area contributed by atoms with Gasteiger partial charge in [0.1, 0.15) is 0 Å². The molecular weight excluding hydrogens is 390 g/mol. The molecule has 1 atom stereocenters. The molecule has 0 saturated carbocycles.